The second-order valence-electron chi connectivity index (χ2n) is 4.51. The van der Waals surface area contributed by atoms with Gasteiger partial charge in [-0.3, -0.25) is 4.79 Å². The van der Waals surface area contributed by atoms with Crippen molar-refractivity contribution in [2.24, 2.45) is 5.11 Å². The van der Waals surface area contributed by atoms with Crippen LogP contribution < -0.4 is 4.74 Å². The summed E-state index contributed by atoms with van der Waals surface area (Å²) in [6.07, 6.45) is 0.190. The average Bonchev–Trinajstić information content (AvgIpc) is 2.74. The second kappa shape index (κ2) is 4.87. The maximum absolute atomic E-state index is 13.4. The number of azide groups is 1. The molecule has 0 amide bonds. The minimum Gasteiger partial charge on any atom is -0.483 e. The van der Waals surface area contributed by atoms with E-state index in [1.54, 1.807) is 0 Å². The van der Waals surface area contributed by atoms with Crippen molar-refractivity contribution in [1.82, 2.24) is 0 Å². The molecule has 0 fully saturated rings. The number of aliphatic hydroxyl groups is 1. The summed E-state index contributed by atoms with van der Waals surface area (Å²) in [6.45, 7) is 0.831. The van der Waals surface area contributed by atoms with Crippen LogP contribution in [-0.2, 0) is 6.42 Å². The lowest BCUT2D eigenvalue weighted by molar-refractivity contribution is 0.0353. The molecule has 1 heterocycles. The first-order valence-electron chi connectivity index (χ1n) is 5.65. The lowest BCUT2D eigenvalue weighted by Crippen LogP contribution is -2.41. The Hall–Kier alpha value is -2.11. The highest BCUT2D eigenvalue weighted by atomic mass is 19.1. The predicted molar refractivity (Wildman–Crippen MR) is 64.6 cm³/mol. The summed E-state index contributed by atoms with van der Waals surface area (Å²) in [5.41, 5.74) is 7.85. The van der Waals surface area contributed by atoms with E-state index in [1.807, 2.05) is 0 Å². The van der Waals surface area contributed by atoms with Crippen molar-refractivity contribution in [1.29, 1.82) is 0 Å². The van der Waals surface area contributed by atoms with E-state index in [4.69, 9.17) is 10.3 Å². The lowest BCUT2D eigenvalue weighted by Gasteiger charge is -2.24. The van der Waals surface area contributed by atoms with Gasteiger partial charge in [0.05, 0.1) is 18.7 Å². The van der Waals surface area contributed by atoms with Crippen molar-refractivity contribution in [2.75, 3.05) is 13.2 Å². The van der Waals surface area contributed by atoms with E-state index < -0.39 is 11.4 Å². The van der Waals surface area contributed by atoms with E-state index in [0.717, 1.165) is 6.07 Å². The topological polar surface area (TPSA) is 95.3 Å². The molecule has 1 aliphatic rings. The molecule has 1 N–H and O–H groups in total. The van der Waals surface area contributed by atoms with Crippen molar-refractivity contribution < 1.29 is 19.0 Å². The number of Topliss-reactive ketones (excluding diaryl/α,β-unsaturated/α-hetero) is 1. The van der Waals surface area contributed by atoms with Gasteiger partial charge in [-0.25, -0.2) is 4.39 Å². The summed E-state index contributed by atoms with van der Waals surface area (Å²) in [4.78, 5) is 14.1. The highest BCUT2D eigenvalue weighted by Crippen LogP contribution is 2.39. The molecule has 0 spiro atoms. The molecule has 2 rings (SSSR count). The molecule has 1 aromatic carbocycles. The van der Waals surface area contributed by atoms with Crippen LogP contribution in [0.4, 0.5) is 4.39 Å². The van der Waals surface area contributed by atoms with Crippen LogP contribution in [0, 0.1) is 5.82 Å². The lowest BCUT2D eigenvalue weighted by atomic mass is 9.97. The summed E-state index contributed by atoms with van der Waals surface area (Å²) in [5.74, 6) is -0.602. The molecular formula is C12H12FN3O3. The van der Waals surface area contributed by atoms with Gasteiger partial charge in [-0.05, 0) is 24.6 Å². The zero-order chi connectivity index (χ0) is 14.0. The molecule has 1 atom stereocenters. The molecule has 6 nitrogen and oxygen atoms in total. The number of hydrogen-bond donors (Lipinski definition) is 1. The van der Waals surface area contributed by atoms with Crippen molar-refractivity contribution in [3.8, 4) is 5.75 Å². The number of benzene rings is 1. The number of carbonyl (C=O) groups is 1. The van der Waals surface area contributed by atoms with Crippen molar-refractivity contribution >= 4 is 5.78 Å². The molecule has 0 radical (unpaired) electrons. The normalized spacial score (nSPS) is 20.4. The number of fused-ring (bicyclic) bond motifs is 1. The maximum atomic E-state index is 13.4. The van der Waals surface area contributed by atoms with Gasteiger partial charge in [0.25, 0.3) is 0 Å². The number of aliphatic hydroxyl groups excluding tert-OH is 1. The van der Waals surface area contributed by atoms with E-state index in [0.29, 0.717) is 5.56 Å². The number of ether oxygens (including phenoxy) is 1. The van der Waals surface area contributed by atoms with Gasteiger partial charge < -0.3 is 9.84 Å². The highest BCUT2D eigenvalue weighted by Gasteiger charge is 2.40. The van der Waals surface area contributed by atoms with E-state index in [-0.39, 0.29) is 36.7 Å². The van der Waals surface area contributed by atoms with Gasteiger partial charge in [0.2, 0.25) is 0 Å². The molecule has 0 aliphatic carbocycles. The van der Waals surface area contributed by atoms with E-state index in [2.05, 4.69) is 10.0 Å². The summed E-state index contributed by atoms with van der Waals surface area (Å²) in [7, 11) is 0. The quantitative estimate of drug-likeness (QED) is 0.390. The Morgan fingerprint density at radius 1 is 1.68 bits per heavy atom. The highest BCUT2D eigenvalue weighted by molar-refractivity contribution is 5.97. The van der Waals surface area contributed by atoms with Crippen LogP contribution in [0.2, 0.25) is 0 Å². The number of hydrogen-bond acceptors (Lipinski definition) is 4. The van der Waals surface area contributed by atoms with Crippen molar-refractivity contribution in [2.45, 2.75) is 18.9 Å². The molecule has 0 bridgehead atoms. The van der Waals surface area contributed by atoms with Crippen molar-refractivity contribution in [3.63, 3.8) is 0 Å². The fourth-order valence-corrected chi connectivity index (χ4v) is 2.15. The first-order chi connectivity index (χ1) is 9.01. The monoisotopic (exact) mass is 265 g/mol. The summed E-state index contributed by atoms with van der Waals surface area (Å²) < 4.78 is 19.0. The molecule has 7 heteroatoms. The Bertz CT molecular complexity index is 584. The van der Waals surface area contributed by atoms with Crippen LogP contribution in [0.3, 0.4) is 0 Å². The first-order valence-corrected chi connectivity index (χ1v) is 5.65. The molecular weight excluding hydrogens is 253 g/mol. The Labute approximate surface area is 108 Å². The van der Waals surface area contributed by atoms with Crippen molar-refractivity contribution in [3.05, 3.63) is 39.5 Å². The Kier molecular flexibility index (Phi) is 3.42. The smallest absolute Gasteiger partial charge is 0.163 e. The number of carbonyl (C=O) groups excluding carboxylic acids is 1. The van der Waals surface area contributed by atoms with Gasteiger partial charge in [0, 0.05) is 16.9 Å². The molecule has 19 heavy (non-hydrogen) atoms. The van der Waals surface area contributed by atoms with E-state index >= 15 is 0 Å². The summed E-state index contributed by atoms with van der Waals surface area (Å²) in [5, 5.41) is 12.8. The third-order valence-electron chi connectivity index (χ3n) is 3.05. The third-order valence-corrected chi connectivity index (χ3v) is 3.05. The van der Waals surface area contributed by atoms with E-state index in [9.17, 15) is 14.3 Å². The van der Waals surface area contributed by atoms with Gasteiger partial charge in [-0.15, -0.1) is 0 Å². The Balaban J connectivity index is 2.45. The fourth-order valence-electron chi connectivity index (χ4n) is 2.15. The van der Waals surface area contributed by atoms with Crippen LogP contribution in [0.15, 0.2) is 17.2 Å². The zero-order valence-corrected chi connectivity index (χ0v) is 10.3. The van der Waals surface area contributed by atoms with Gasteiger partial charge in [-0.2, -0.15) is 0 Å². The van der Waals surface area contributed by atoms with Crippen LogP contribution in [0.5, 0.6) is 5.75 Å². The second-order valence-corrected chi connectivity index (χ2v) is 4.51. The van der Waals surface area contributed by atoms with Crippen LogP contribution in [0.1, 0.15) is 22.8 Å². The third kappa shape index (κ3) is 2.38. The van der Waals surface area contributed by atoms with Gasteiger partial charge >= 0.3 is 0 Å². The maximum Gasteiger partial charge on any atom is 0.163 e. The number of rotatable bonds is 4. The number of halogens is 1. The van der Waals surface area contributed by atoms with Gasteiger partial charge in [-0.1, -0.05) is 5.11 Å². The SMILES string of the molecule is CC(=O)c1cc(F)cc2c1OC(CO)(CN=[N+]=[N-])C2. The molecule has 0 saturated carbocycles. The molecule has 0 aromatic heterocycles. The number of ketones is 1. The van der Waals surface area contributed by atoms with E-state index in [1.165, 1.54) is 13.0 Å². The first kappa shape index (κ1) is 13.3. The van der Waals surface area contributed by atoms with Crippen LogP contribution in [-0.4, -0.2) is 29.6 Å². The molecule has 100 valence electrons. The zero-order valence-electron chi connectivity index (χ0n) is 10.3. The summed E-state index contributed by atoms with van der Waals surface area (Å²) >= 11 is 0. The Morgan fingerprint density at radius 3 is 3.00 bits per heavy atom. The molecule has 1 unspecified atom stereocenters. The standard InChI is InChI=1S/C12H12FN3O3/c1-7(18)10-3-9(13)2-8-4-12(6-17,5-15-16-14)19-11(8)10/h2-3,17H,4-6H2,1H3. The number of nitrogens with zero attached hydrogens (tertiary/aromatic N) is 3. The average molecular weight is 265 g/mol. The minimum absolute atomic E-state index is 0.0896. The fraction of sp³-hybridized carbons (Fsp3) is 0.417. The largest absolute Gasteiger partial charge is 0.483 e. The molecule has 1 aliphatic heterocycles. The molecule has 1 aromatic rings. The van der Waals surface area contributed by atoms with Gasteiger partial charge in [0.15, 0.2) is 5.78 Å². The minimum atomic E-state index is -1.12. The Morgan fingerprint density at radius 2 is 2.42 bits per heavy atom. The predicted octanol–water partition coefficient (Wildman–Crippen LogP) is 2.00. The summed E-state index contributed by atoms with van der Waals surface area (Å²) in [6, 6.07) is 2.36. The van der Waals surface area contributed by atoms with Crippen LogP contribution in [0.25, 0.3) is 10.4 Å². The molecule has 0 saturated heterocycles. The van der Waals surface area contributed by atoms with Gasteiger partial charge in [0.1, 0.15) is 17.2 Å². The van der Waals surface area contributed by atoms with Crippen LogP contribution >= 0.6 is 0 Å².